The number of ether oxygens (including phenoxy) is 3. The van der Waals surface area contributed by atoms with Crippen LogP contribution in [-0.2, 0) is 28.7 Å². The highest BCUT2D eigenvalue weighted by atomic mass is 35.5. The predicted octanol–water partition coefficient (Wildman–Crippen LogP) is 23.7. The summed E-state index contributed by atoms with van der Waals surface area (Å²) in [5.74, 6) is 7.78. The normalized spacial score (nSPS) is 15.4. The molecular weight excluding hydrogens is 1730 g/mol. The van der Waals surface area contributed by atoms with Crippen LogP contribution < -0.4 is 4.74 Å². The van der Waals surface area contributed by atoms with Gasteiger partial charge in [0.1, 0.15) is 91.0 Å². The molecule has 0 amide bonds. The Hall–Kier alpha value is -10.6. The van der Waals surface area contributed by atoms with E-state index in [4.69, 9.17) is 69.0 Å². The number of aromatic nitrogens is 12. The zero-order chi connectivity index (χ0) is 93.1. The summed E-state index contributed by atoms with van der Waals surface area (Å²) in [7, 11) is 1.64. The summed E-state index contributed by atoms with van der Waals surface area (Å²) >= 11 is 23.5. The van der Waals surface area contributed by atoms with E-state index in [-0.39, 0.29) is 54.7 Å². The Morgan fingerprint density at radius 3 is 1.05 bits per heavy atom. The number of carbonyl (C=O) groups is 4. The van der Waals surface area contributed by atoms with Crippen molar-refractivity contribution in [3.05, 3.63) is 258 Å². The number of aryl methyl sites for hydroxylation is 7. The number of thiophene rings is 3. The van der Waals surface area contributed by atoms with E-state index in [1.807, 2.05) is 197 Å². The Labute approximate surface area is 778 Å². The lowest BCUT2D eigenvalue weighted by Gasteiger charge is -2.21. The Bertz CT molecular complexity index is 6240. The minimum Gasteiger partial charge on any atom is -0.497 e. The van der Waals surface area contributed by atoms with Crippen molar-refractivity contribution in [1.82, 2.24) is 59.1 Å². The molecule has 12 aromatic rings. The van der Waals surface area contributed by atoms with Crippen LogP contribution in [-0.4, -0.2) is 124 Å². The number of carbonyl (C=O) groups excluding carboxylic acids is 4. The predicted molar refractivity (Wildman–Crippen MR) is 516 cm³/mol. The van der Waals surface area contributed by atoms with Crippen LogP contribution in [0.3, 0.4) is 0 Å². The van der Waals surface area contributed by atoms with E-state index in [9.17, 15) is 19.2 Å². The first kappa shape index (κ1) is 96.5. The van der Waals surface area contributed by atoms with Gasteiger partial charge < -0.3 is 14.2 Å². The van der Waals surface area contributed by atoms with Gasteiger partial charge >= 0.3 is 11.9 Å². The molecule has 29 heteroatoms. The summed E-state index contributed by atoms with van der Waals surface area (Å²) in [5, 5.41) is 40.1. The number of rotatable bonds is 17. The number of nitrogens with zero attached hydrogens (tertiary/aromatic N) is 16. The van der Waals surface area contributed by atoms with E-state index in [2.05, 4.69) is 150 Å². The number of ketones is 2. The molecule has 0 bridgehead atoms. The van der Waals surface area contributed by atoms with Gasteiger partial charge in [0.25, 0.3) is 0 Å². The summed E-state index contributed by atoms with van der Waals surface area (Å²) < 4.78 is 24.9. The van der Waals surface area contributed by atoms with Gasteiger partial charge in [-0.15, -0.1) is 74.8 Å². The Balaban J connectivity index is 0.000000153. The van der Waals surface area contributed by atoms with Crippen molar-refractivity contribution in [3.8, 4) is 26.4 Å². The van der Waals surface area contributed by atoms with Crippen LogP contribution in [0.5, 0.6) is 5.75 Å². The molecule has 4 aliphatic rings. The Morgan fingerprint density at radius 2 is 0.719 bits per heavy atom. The van der Waals surface area contributed by atoms with Crippen LogP contribution in [0.1, 0.15) is 294 Å². The molecule has 672 valence electrons. The number of fused-ring (bicyclic) bond motifs is 12. The summed E-state index contributed by atoms with van der Waals surface area (Å²) in [6, 6.07) is 35.5. The molecule has 4 atom stereocenters. The van der Waals surface area contributed by atoms with Crippen molar-refractivity contribution in [1.29, 1.82) is 0 Å². The van der Waals surface area contributed by atoms with Crippen LogP contribution in [0.2, 0.25) is 15.1 Å². The maximum absolute atomic E-state index is 12.8. The molecule has 0 radical (unpaired) electrons. The molecule has 0 aliphatic carbocycles. The van der Waals surface area contributed by atoms with Crippen molar-refractivity contribution < 1.29 is 33.4 Å². The maximum atomic E-state index is 12.8. The van der Waals surface area contributed by atoms with E-state index >= 15 is 0 Å². The summed E-state index contributed by atoms with van der Waals surface area (Å²) in [6.07, 6.45) is 1.28. The van der Waals surface area contributed by atoms with Crippen molar-refractivity contribution >= 4 is 115 Å². The molecule has 16 rings (SSSR count). The zero-order valence-corrected chi connectivity index (χ0v) is 82.7. The van der Waals surface area contributed by atoms with Gasteiger partial charge in [-0.3, -0.25) is 57.4 Å². The van der Waals surface area contributed by atoms with Gasteiger partial charge in [-0.05, 0) is 205 Å². The second-order valence-electron chi connectivity index (χ2n) is 36.3. The van der Waals surface area contributed by atoms with Crippen LogP contribution in [0.15, 0.2) is 135 Å². The van der Waals surface area contributed by atoms with E-state index in [0.29, 0.717) is 57.2 Å². The summed E-state index contributed by atoms with van der Waals surface area (Å²) in [4.78, 5) is 75.0. The molecule has 11 heterocycles. The summed E-state index contributed by atoms with van der Waals surface area (Å²) in [6.45, 7) is 50.4. The van der Waals surface area contributed by atoms with Gasteiger partial charge in [-0.25, -0.2) is 0 Å². The first-order valence-electron chi connectivity index (χ1n) is 43.2. The van der Waals surface area contributed by atoms with Crippen molar-refractivity contribution in [3.63, 3.8) is 0 Å². The van der Waals surface area contributed by atoms with Gasteiger partial charge in [0, 0.05) is 99.4 Å². The molecule has 0 unspecified atom stereocenters. The second-order valence-corrected chi connectivity index (χ2v) is 41.2. The Morgan fingerprint density at radius 1 is 0.406 bits per heavy atom. The Kier molecular flexibility index (Phi) is 30.3. The molecule has 0 saturated carbocycles. The average Bonchev–Trinajstić information content (AvgIpc) is 2.24. The van der Waals surface area contributed by atoms with E-state index < -0.39 is 29.3 Å². The number of Topliss-reactive ketones (excluding diaryl/α,β-unsaturated/α-hetero) is 2. The van der Waals surface area contributed by atoms with Gasteiger partial charge in [0.15, 0.2) is 23.3 Å². The largest absolute Gasteiger partial charge is 0.497 e. The highest BCUT2D eigenvalue weighted by Gasteiger charge is 2.39. The average molecular weight is 1840 g/mol. The van der Waals surface area contributed by atoms with Crippen LogP contribution in [0.4, 0.5) is 0 Å². The highest BCUT2D eigenvalue weighted by Crippen LogP contribution is 2.45. The lowest BCUT2D eigenvalue weighted by atomic mass is 9.96. The number of benzene rings is 5. The minimum atomic E-state index is -0.569. The standard InChI is InChI=1S/C26H32N4O2S.C24H25ClN4O2.C23H25ClN4O2S.C22H23ClN4OS.C4H10/c1-14(2)18-9-11-19(12-10-18)23-22-15(3)16(4)33-25(22)30-17(5)28-29-24(30)20(27-23)13-21(31)32-26(6,7)8;1-14(2)11-18(30)12-21-24-28-27-15(3)29(24)22-10-9-19(31-4)13-20(22)23(26-21)16-5-7-17(25)8-6-16;1-12-13(2)31-22-19(12)20(15-7-9-16(24)10-8-15)25-17(11-18(29)30-23(4,5)6)21-27-26-14(3)28(21)22;1-11(2)18(28)10-17-21-26-25-14(5)27(21)22-19(12(3)13(4)29-22)20(24-17)15-6-8-16(23)9-7-15;1-4(2)3/h9-12,14,20H,13H2,1-8H3;5-10,13-14,21H,11-12H2,1-4H3;7-10,17H,11H2,1-6H3;6-9,11,17H,10H2,1-5H3;4H,1-3H3/t20-;21-;2*17-;/m0000./s1. The van der Waals surface area contributed by atoms with Gasteiger partial charge in [0.2, 0.25) is 0 Å². The quantitative estimate of drug-likeness (QED) is 0.0767. The first-order valence-corrected chi connectivity index (χ1v) is 46.8. The van der Waals surface area contributed by atoms with Gasteiger partial charge in [-0.1, -0.05) is 158 Å². The molecule has 0 fully saturated rings. The van der Waals surface area contributed by atoms with E-state index in [0.717, 1.165) is 134 Å². The molecular formula is C99H115Cl3N16O7S3. The number of hydrogen-bond donors (Lipinski definition) is 0. The van der Waals surface area contributed by atoms with Crippen molar-refractivity contribution in [2.24, 2.45) is 37.7 Å². The molecule has 128 heavy (non-hydrogen) atoms. The maximum Gasteiger partial charge on any atom is 0.308 e. The molecule has 5 aromatic carbocycles. The number of esters is 2. The third-order valence-electron chi connectivity index (χ3n) is 21.7. The lowest BCUT2D eigenvalue weighted by Crippen LogP contribution is -2.25. The highest BCUT2D eigenvalue weighted by molar-refractivity contribution is 7.16. The third-order valence-corrected chi connectivity index (χ3v) is 26.0. The molecule has 0 saturated heterocycles. The SMILES string of the molecule is CC(C)C.COc1ccc2c(c1)C(c1ccc(Cl)cc1)=N[C@@H](CC(=O)CC(C)C)c1nnc(C)n1-2.Cc1sc2c(c1C)C(c1ccc(C(C)C)cc1)=N[C@@H](CC(=O)OC(C)(C)C)c1nnc(C)n1-2.Cc1sc2c(c1C)C(c1ccc(Cl)cc1)=N[C@@H](CC(=O)C(C)C)c1nnc(C)n1-2.Cc1sc2c(c1C)C(c1ccc(Cl)cc1)=N[C@@H](CC(=O)OC(C)(C)C)c1nnc(C)n1-2. The number of aliphatic imine (C=N–C) groups is 4. The molecule has 7 aromatic heterocycles. The third kappa shape index (κ3) is 21.9. The first-order chi connectivity index (χ1) is 60.4. The monoisotopic (exact) mass is 1840 g/mol. The fourth-order valence-electron chi connectivity index (χ4n) is 15.3. The molecule has 0 N–H and O–H groups in total. The summed E-state index contributed by atoms with van der Waals surface area (Å²) in [5.41, 5.74) is 16.0. The van der Waals surface area contributed by atoms with Gasteiger partial charge in [-0.2, -0.15) is 0 Å². The molecule has 0 spiro atoms. The van der Waals surface area contributed by atoms with Crippen molar-refractivity contribution in [2.45, 2.75) is 246 Å². The number of halogens is 3. The van der Waals surface area contributed by atoms with Gasteiger partial charge in [0.05, 0.1) is 48.5 Å². The fourth-order valence-corrected chi connectivity index (χ4v) is 19.3. The number of hydrogen-bond acceptors (Lipinski definition) is 22. The number of methoxy groups -OCH3 is 1. The second kappa shape index (κ2) is 40.2. The molecule has 4 aliphatic heterocycles. The van der Waals surface area contributed by atoms with Crippen LogP contribution in [0.25, 0.3) is 20.7 Å². The fraction of sp³-hybridized carbons (Fsp3) is 0.414. The van der Waals surface area contributed by atoms with Crippen LogP contribution >= 0.6 is 68.8 Å². The van der Waals surface area contributed by atoms with E-state index in [1.165, 1.54) is 31.3 Å². The lowest BCUT2D eigenvalue weighted by molar-refractivity contribution is -0.156. The zero-order valence-electron chi connectivity index (χ0n) is 78.0. The smallest absolute Gasteiger partial charge is 0.308 e. The molecule has 23 nitrogen and oxygen atoms in total. The van der Waals surface area contributed by atoms with Crippen LogP contribution in [0, 0.1) is 87.0 Å². The minimum absolute atomic E-state index is 0.0528. The topological polar surface area (TPSA) is 268 Å². The van der Waals surface area contributed by atoms with Crippen molar-refractivity contribution in [2.75, 3.05) is 7.11 Å². The van der Waals surface area contributed by atoms with E-state index in [1.54, 1.807) is 41.1 Å².